The predicted molar refractivity (Wildman–Crippen MR) is 108 cm³/mol. The molecule has 0 radical (unpaired) electrons. The number of nitrogens with one attached hydrogen (secondary N) is 1. The lowest BCUT2D eigenvalue weighted by Gasteiger charge is -2.29. The third-order valence-corrected chi connectivity index (χ3v) is 5.17. The SMILES string of the molecule is CN(Cc1ccc(N2CCOCC2)cc1)C(=O)Cc1c[nH]c2ccccc12. The van der Waals surface area contributed by atoms with Crippen LogP contribution in [0.4, 0.5) is 5.69 Å². The first kappa shape index (κ1) is 17.6. The molecule has 140 valence electrons. The minimum atomic E-state index is 0.122. The van der Waals surface area contributed by atoms with Crippen LogP contribution >= 0.6 is 0 Å². The molecule has 1 aliphatic heterocycles. The number of H-pyrrole nitrogens is 1. The number of aromatic amines is 1. The molecule has 1 amide bonds. The Hall–Kier alpha value is -2.79. The van der Waals surface area contributed by atoms with E-state index in [1.54, 1.807) is 4.90 Å². The zero-order chi connectivity index (χ0) is 18.6. The van der Waals surface area contributed by atoms with Gasteiger partial charge in [0.05, 0.1) is 19.6 Å². The van der Waals surface area contributed by atoms with Gasteiger partial charge in [0.1, 0.15) is 0 Å². The van der Waals surface area contributed by atoms with Crippen LogP contribution in [0, 0.1) is 0 Å². The Balaban J connectivity index is 1.38. The van der Waals surface area contributed by atoms with Crippen molar-refractivity contribution < 1.29 is 9.53 Å². The molecular formula is C22H25N3O2. The van der Waals surface area contributed by atoms with Crippen molar-refractivity contribution in [3.63, 3.8) is 0 Å². The minimum absolute atomic E-state index is 0.122. The van der Waals surface area contributed by atoms with Gasteiger partial charge in [0, 0.05) is 49.5 Å². The van der Waals surface area contributed by atoms with Gasteiger partial charge >= 0.3 is 0 Å². The summed E-state index contributed by atoms with van der Waals surface area (Å²) >= 11 is 0. The fourth-order valence-corrected chi connectivity index (χ4v) is 3.57. The van der Waals surface area contributed by atoms with E-state index in [1.165, 1.54) is 5.69 Å². The Morgan fingerprint density at radius 1 is 1.11 bits per heavy atom. The molecule has 0 atom stereocenters. The van der Waals surface area contributed by atoms with Crippen molar-refractivity contribution in [3.8, 4) is 0 Å². The second kappa shape index (κ2) is 7.84. The van der Waals surface area contributed by atoms with E-state index in [0.29, 0.717) is 13.0 Å². The summed E-state index contributed by atoms with van der Waals surface area (Å²) in [5.41, 5.74) is 4.48. The van der Waals surface area contributed by atoms with Crippen LogP contribution in [0.2, 0.25) is 0 Å². The highest BCUT2D eigenvalue weighted by Crippen LogP contribution is 2.20. The maximum atomic E-state index is 12.7. The highest BCUT2D eigenvalue weighted by molar-refractivity contribution is 5.88. The van der Waals surface area contributed by atoms with E-state index in [4.69, 9.17) is 4.74 Å². The van der Waals surface area contributed by atoms with Gasteiger partial charge in [-0.1, -0.05) is 30.3 Å². The van der Waals surface area contributed by atoms with E-state index in [-0.39, 0.29) is 5.91 Å². The number of amides is 1. The zero-order valence-electron chi connectivity index (χ0n) is 15.6. The third kappa shape index (κ3) is 3.98. The van der Waals surface area contributed by atoms with Crippen LogP contribution in [0.5, 0.6) is 0 Å². The molecule has 1 saturated heterocycles. The fraction of sp³-hybridized carbons (Fsp3) is 0.318. The molecule has 4 rings (SSSR count). The van der Waals surface area contributed by atoms with Crippen LogP contribution in [0.15, 0.2) is 54.7 Å². The third-order valence-electron chi connectivity index (χ3n) is 5.17. The number of carbonyl (C=O) groups excluding carboxylic acids is 1. The number of hydrogen-bond acceptors (Lipinski definition) is 3. The molecule has 0 unspecified atom stereocenters. The summed E-state index contributed by atoms with van der Waals surface area (Å²) in [6.07, 6.45) is 2.35. The first-order chi connectivity index (χ1) is 13.2. The molecule has 0 bridgehead atoms. The predicted octanol–water partition coefficient (Wildman–Crippen LogP) is 3.21. The summed E-state index contributed by atoms with van der Waals surface area (Å²) in [4.78, 5) is 20.0. The Morgan fingerprint density at radius 3 is 2.63 bits per heavy atom. The molecule has 1 aromatic heterocycles. The molecule has 0 saturated carbocycles. The number of rotatable bonds is 5. The summed E-state index contributed by atoms with van der Waals surface area (Å²) in [5, 5.41) is 1.12. The summed E-state index contributed by atoms with van der Waals surface area (Å²) in [7, 11) is 1.87. The maximum absolute atomic E-state index is 12.7. The minimum Gasteiger partial charge on any atom is -0.378 e. The van der Waals surface area contributed by atoms with Crippen molar-refractivity contribution in [3.05, 3.63) is 65.9 Å². The van der Waals surface area contributed by atoms with Crippen molar-refractivity contribution in [2.75, 3.05) is 38.3 Å². The summed E-state index contributed by atoms with van der Waals surface area (Å²) in [5.74, 6) is 0.122. The largest absolute Gasteiger partial charge is 0.378 e. The number of benzene rings is 2. The topological polar surface area (TPSA) is 48.6 Å². The van der Waals surface area contributed by atoms with E-state index in [9.17, 15) is 4.79 Å². The second-order valence-corrected chi connectivity index (χ2v) is 7.05. The Kier molecular flexibility index (Phi) is 5.12. The van der Waals surface area contributed by atoms with Crippen LogP contribution in [0.25, 0.3) is 10.9 Å². The molecule has 2 aromatic carbocycles. The Bertz CT molecular complexity index is 911. The highest BCUT2D eigenvalue weighted by Gasteiger charge is 2.14. The standard InChI is InChI=1S/C22H25N3O2/c1-24(22(26)14-18-15-23-21-5-3-2-4-20(18)21)16-17-6-8-19(9-7-17)25-10-12-27-13-11-25/h2-9,15,23H,10-14,16H2,1H3. The second-order valence-electron chi connectivity index (χ2n) is 7.05. The van der Waals surface area contributed by atoms with Crippen molar-refractivity contribution in [1.29, 1.82) is 0 Å². The number of hydrogen-bond donors (Lipinski definition) is 1. The van der Waals surface area contributed by atoms with E-state index < -0.39 is 0 Å². The average molecular weight is 363 g/mol. The van der Waals surface area contributed by atoms with Gasteiger partial charge in [0.15, 0.2) is 0 Å². The average Bonchev–Trinajstić information content (AvgIpc) is 3.12. The molecule has 1 N–H and O–H groups in total. The van der Waals surface area contributed by atoms with E-state index >= 15 is 0 Å². The van der Waals surface area contributed by atoms with Gasteiger partial charge in [-0.05, 0) is 29.3 Å². The molecule has 1 aliphatic rings. The van der Waals surface area contributed by atoms with Crippen LogP contribution in [0.3, 0.4) is 0 Å². The molecule has 0 spiro atoms. The summed E-state index contributed by atoms with van der Waals surface area (Å²) in [6.45, 7) is 4.05. The van der Waals surface area contributed by atoms with Crippen molar-refractivity contribution in [2.24, 2.45) is 0 Å². The lowest BCUT2D eigenvalue weighted by atomic mass is 10.1. The van der Waals surface area contributed by atoms with Crippen molar-refractivity contribution in [2.45, 2.75) is 13.0 Å². The zero-order valence-corrected chi connectivity index (χ0v) is 15.6. The summed E-state index contributed by atoms with van der Waals surface area (Å²) < 4.78 is 5.41. The van der Waals surface area contributed by atoms with Gasteiger partial charge in [0.2, 0.25) is 5.91 Å². The molecule has 1 fully saturated rings. The number of likely N-dealkylation sites (N-methyl/N-ethyl adjacent to an activating group) is 1. The molecular weight excluding hydrogens is 338 g/mol. The smallest absolute Gasteiger partial charge is 0.227 e. The number of anilines is 1. The van der Waals surface area contributed by atoms with Crippen LogP contribution in [-0.2, 0) is 22.5 Å². The molecule has 5 nitrogen and oxygen atoms in total. The highest BCUT2D eigenvalue weighted by atomic mass is 16.5. The number of nitrogens with zero attached hydrogens (tertiary/aromatic N) is 2. The molecule has 5 heteroatoms. The van der Waals surface area contributed by atoms with Gasteiger partial charge in [-0.2, -0.15) is 0 Å². The van der Waals surface area contributed by atoms with E-state index in [2.05, 4.69) is 40.2 Å². The van der Waals surface area contributed by atoms with Crippen molar-refractivity contribution in [1.82, 2.24) is 9.88 Å². The van der Waals surface area contributed by atoms with Crippen LogP contribution < -0.4 is 4.90 Å². The number of aromatic nitrogens is 1. The first-order valence-electron chi connectivity index (χ1n) is 9.41. The van der Waals surface area contributed by atoms with Crippen molar-refractivity contribution >= 4 is 22.5 Å². The van der Waals surface area contributed by atoms with E-state index in [1.807, 2.05) is 31.4 Å². The first-order valence-corrected chi connectivity index (χ1v) is 9.41. The fourth-order valence-electron chi connectivity index (χ4n) is 3.57. The monoisotopic (exact) mass is 363 g/mol. The number of ether oxygens (including phenoxy) is 1. The summed E-state index contributed by atoms with van der Waals surface area (Å²) in [6, 6.07) is 16.6. The lowest BCUT2D eigenvalue weighted by Crippen LogP contribution is -2.36. The van der Waals surface area contributed by atoms with Gasteiger partial charge < -0.3 is 19.5 Å². The van der Waals surface area contributed by atoms with Gasteiger partial charge in [0.25, 0.3) is 0 Å². The molecule has 2 heterocycles. The maximum Gasteiger partial charge on any atom is 0.227 e. The number of fused-ring (bicyclic) bond motifs is 1. The van der Waals surface area contributed by atoms with Gasteiger partial charge in [-0.25, -0.2) is 0 Å². The number of morpholine rings is 1. The lowest BCUT2D eigenvalue weighted by molar-refractivity contribution is -0.129. The molecule has 3 aromatic rings. The van der Waals surface area contributed by atoms with Gasteiger partial charge in [-0.15, -0.1) is 0 Å². The van der Waals surface area contributed by atoms with Crippen LogP contribution in [0.1, 0.15) is 11.1 Å². The Morgan fingerprint density at radius 2 is 1.85 bits per heavy atom. The van der Waals surface area contributed by atoms with E-state index in [0.717, 1.165) is 48.3 Å². The normalized spacial score (nSPS) is 14.5. The number of carbonyl (C=O) groups is 1. The van der Waals surface area contributed by atoms with Gasteiger partial charge in [-0.3, -0.25) is 4.79 Å². The quantitative estimate of drug-likeness (QED) is 0.757. The number of para-hydroxylation sites is 1. The Labute approximate surface area is 159 Å². The molecule has 0 aliphatic carbocycles. The molecule has 27 heavy (non-hydrogen) atoms. The van der Waals surface area contributed by atoms with Crippen LogP contribution in [-0.4, -0.2) is 49.1 Å².